The Morgan fingerprint density at radius 3 is 2.39 bits per heavy atom. The quantitative estimate of drug-likeness (QED) is 0.621. The van der Waals surface area contributed by atoms with Crippen LogP contribution < -0.4 is 9.62 Å². The molecule has 0 saturated carbocycles. The van der Waals surface area contributed by atoms with Crippen molar-refractivity contribution in [1.82, 2.24) is 4.72 Å². The lowest BCUT2D eigenvalue weighted by molar-refractivity contribution is -0.113. The molecular formula is C21H20N2O4S. The first-order valence-corrected chi connectivity index (χ1v) is 10.1. The van der Waals surface area contributed by atoms with Gasteiger partial charge in [0.15, 0.2) is 0 Å². The normalized spacial score (nSPS) is 11.6. The second-order valence-electron chi connectivity index (χ2n) is 6.04. The van der Waals surface area contributed by atoms with E-state index >= 15 is 0 Å². The number of sulfonamides is 1. The first-order chi connectivity index (χ1) is 13.5. The van der Waals surface area contributed by atoms with Crippen molar-refractivity contribution in [2.75, 3.05) is 11.9 Å². The number of hydrogen-bond donors (Lipinski definition) is 1. The largest absolute Gasteiger partial charge is 0.468 e. The summed E-state index contributed by atoms with van der Waals surface area (Å²) in [6.07, 6.45) is 4.58. The van der Waals surface area contributed by atoms with Gasteiger partial charge in [0.2, 0.25) is 10.0 Å². The standard InChI is InChI=1S/C21H20N2O4S/c1-23(18-6-3-2-4-7-18)21(24)14-11-17-9-12-20(13-10-17)28(25,26)22-16-19-8-5-15-27-19/h2-15,22H,16H2,1H3/b14-11+. The Morgan fingerprint density at radius 2 is 1.75 bits per heavy atom. The van der Waals surface area contributed by atoms with Gasteiger partial charge >= 0.3 is 0 Å². The Hall–Kier alpha value is -3.16. The van der Waals surface area contributed by atoms with E-state index in [2.05, 4.69) is 4.72 Å². The van der Waals surface area contributed by atoms with Crippen LogP contribution in [0.1, 0.15) is 11.3 Å². The number of para-hydroxylation sites is 1. The Labute approximate surface area is 164 Å². The SMILES string of the molecule is CN(C(=O)/C=C/c1ccc(S(=O)(=O)NCc2ccco2)cc1)c1ccccc1. The third-order valence-electron chi connectivity index (χ3n) is 4.10. The van der Waals surface area contributed by atoms with Gasteiger partial charge in [-0.3, -0.25) is 4.79 Å². The van der Waals surface area contributed by atoms with Crippen molar-refractivity contribution in [2.45, 2.75) is 11.4 Å². The molecule has 7 heteroatoms. The Kier molecular flexibility index (Phi) is 6.08. The van der Waals surface area contributed by atoms with Gasteiger partial charge in [0, 0.05) is 18.8 Å². The maximum atomic E-state index is 12.3. The molecule has 1 heterocycles. The van der Waals surface area contributed by atoms with Crippen LogP contribution in [-0.2, 0) is 21.4 Å². The van der Waals surface area contributed by atoms with Gasteiger partial charge in [-0.05, 0) is 48.0 Å². The number of carbonyl (C=O) groups excluding carboxylic acids is 1. The first-order valence-electron chi connectivity index (χ1n) is 8.59. The third kappa shape index (κ3) is 4.97. The van der Waals surface area contributed by atoms with Gasteiger partial charge < -0.3 is 9.32 Å². The van der Waals surface area contributed by atoms with E-state index in [1.807, 2.05) is 30.3 Å². The molecule has 0 atom stereocenters. The van der Waals surface area contributed by atoms with E-state index in [0.717, 1.165) is 11.3 Å². The average Bonchev–Trinajstić information content (AvgIpc) is 3.25. The molecule has 6 nitrogen and oxygen atoms in total. The summed E-state index contributed by atoms with van der Waals surface area (Å²) in [7, 11) is -1.95. The molecule has 0 bridgehead atoms. The van der Waals surface area contributed by atoms with Crippen molar-refractivity contribution in [3.05, 3.63) is 90.4 Å². The minimum absolute atomic E-state index is 0.0807. The number of hydrogen-bond acceptors (Lipinski definition) is 4. The lowest BCUT2D eigenvalue weighted by Gasteiger charge is -2.14. The molecule has 1 N–H and O–H groups in total. The van der Waals surface area contributed by atoms with Gasteiger partial charge in [-0.15, -0.1) is 0 Å². The molecule has 144 valence electrons. The molecule has 3 rings (SSSR count). The Morgan fingerprint density at radius 1 is 1.04 bits per heavy atom. The highest BCUT2D eigenvalue weighted by atomic mass is 32.2. The molecule has 0 saturated heterocycles. The summed E-state index contributed by atoms with van der Waals surface area (Å²) < 4.78 is 32.2. The zero-order valence-electron chi connectivity index (χ0n) is 15.3. The van der Waals surface area contributed by atoms with Crippen LogP contribution in [0.15, 0.2) is 88.4 Å². The summed E-state index contributed by atoms with van der Waals surface area (Å²) in [6.45, 7) is 0.0807. The molecule has 0 radical (unpaired) electrons. The van der Waals surface area contributed by atoms with Crippen LogP contribution >= 0.6 is 0 Å². The van der Waals surface area contributed by atoms with E-state index < -0.39 is 10.0 Å². The summed E-state index contributed by atoms with van der Waals surface area (Å²) in [6, 6.07) is 19.0. The molecule has 0 unspecified atom stereocenters. The van der Waals surface area contributed by atoms with E-state index in [1.54, 1.807) is 37.4 Å². The fourth-order valence-corrected chi connectivity index (χ4v) is 3.47. The number of nitrogens with one attached hydrogen (secondary N) is 1. The molecule has 0 aliphatic heterocycles. The van der Waals surface area contributed by atoms with Gasteiger partial charge in [0.1, 0.15) is 5.76 Å². The topological polar surface area (TPSA) is 79.6 Å². The predicted octanol–water partition coefficient (Wildman–Crippen LogP) is 3.43. The lowest BCUT2D eigenvalue weighted by atomic mass is 10.2. The Balaban J connectivity index is 1.63. The van der Waals surface area contributed by atoms with Gasteiger partial charge in [-0.2, -0.15) is 0 Å². The Bertz CT molecular complexity index is 1040. The van der Waals surface area contributed by atoms with Crippen LogP contribution in [0, 0.1) is 0 Å². The van der Waals surface area contributed by atoms with Crippen molar-refractivity contribution in [2.24, 2.45) is 0 Å². The van der Waals surface area contributed by atoms with Crippen LogP contribution in [0.25, 0.3) is 6.08 Å². The highest BCUT2D eigenvalue weighted by Crippen LogP contribution is 2.14. The summed E-state index contributed by atoms with van der Waals surface area (Å²) in [5, 5.41) is 0. The van der Waals surface area contributed by atoms with Crippen LogP contribution in [0.5, 0.6) is 0 Å². The molecule has 0 aliphatic rings. The number of amides is 1. The van der Waals surface area contributed by atoms with Gasteiger partial charge in [0.25, 0.3) is 5.91 Å². The number of furan rings is 1. The van der Waals surface area contributed by atoms with E-state index in [-0.39, 0.29) is 17.3 Å². The second-order valence-corrected chi connectivity index (χ2v) is 7.81. The summed E-state index contributed by atoms with van der Waals surface area (Å²) in [5.74, 6) is 0.354. The van der Waals surface area contributed by atoms with Crippen LogP contribution in [-0.4, -0.2) is 21.4 Å². The number of benzene rings is 2. The van der Waals surface area contributed by atoms with E-state index in [9.17, 15) is 13.2 Å². The molecule has 1 aromatic heterocycles. The highest BCUT2D eigenvalue weighted by molar-refractivity contribution is 7.89. The number of anilines is 1. The molecule has 1 amide bonds. The van der Waals surface area contributed by atoms with E-state index in [1.165, 1.54) is 29.4 Å². The number of nitrogens with zero attached hydrogens (tertiary/aromatic N) is 1. The van der Waals surface area contributed by atoms with Gasteiger partial charge in [0.05, 0.1) is 17.7 Å². The molecular weight excluding hydrogens is 376 g/mol. The lowest BCUT2D eigenvalue weighted by Crippen LogP contribution is -2.23. The van der Waals surface area contributed by atoms with E-state index in [0.29, 0.717) is 5.76 Å². The van der Waals surface area contributed by atoms with Crippen molar-refractivity contribution >= 4 is 27.7 Å². The smallest absolute Gasteiger partial charge is 0.250 e. The minimum atomic E-state index is -3.64. The molecule has 2 aromatic carbocycles. The molecule has 3 aromatic rings. The molecule has 0 fully saturated rings. The average molecular weight is 396 g/mol. The van der Waals surface area contributed by atoms with Gasteiger partial charge in [-0.1, -0.05) is 30.3 Å². The van der Waals surface area contributed by atoms with Crippen molar-refractivity contribution in [1.29, 1.82) is 0 Å². The fourth-order valence-electron chi connectivity index (χ4n) is 2.48. The minimum Gasteiger partial charge on any atom is -0.468 e. The zero-order valence-corrected chi connectivity index (χ0v) is 16.1. The van der Waals surface area contributed by atoms with Crippen LogP contribution in [0.4, 0.5) is 5.69 Å². The van der Waals surface area contributed by atoms with Crippen molar-refractivity contribution < 1.29 is 17.6 Å². The zero-order chi connectivity index (χ0) is 20.0. The first kappa shape index (κ1) is 19.6. The maximum Gasteiger partial charge on any atom is 0.250 e. The van der Waals surface area contributed by atoms with Crippen molar-refractivity contribution in [3.63, 3.8) is 0 Å². The third-order valence-corrected chi connectivity index (χ3v) is 5.52. The summed E-state index contributed by atoms with van der Waals surface area (Å²) in [4.78, 5) is 13.9. The summed E-state index contributed by atoms with van der Waals surface area (Å²) >= 11 is 0. The van der Waals surface area contributed by atoms with Crippen molar-refractivity contribution in [3.8, 4) is 0 Å². The molecule has 0 spiro atoms. The second kappa shape index (κ2) is 8.69. The van der Waals surface area contributed by atoms with Gasteiger partial charge in [-0.25, -0.2) is 13.1 Å². The predicted molar refractivity (Wildman–Crippen MR) is 108 cm³/mol. The molecule has 28 heavy (non-hydrogen) atoms. The fraction of sp³-hybridized carbons (Fsp3) is 0.0952. The maximum absolute atomic E-state index is 12.3. The van der Waals surface area contributed by atoms with Crippen LogP contribution in [0.2, 0.25) is 0 Å². The summed E-state index contributed by atoms with van der Waals surface area (Å²) in [5.41, 5.74) is 1.51. The number of rotatable bonds is 7. The molecule has 0 aliphatic carbocycles. The highest BCUT2D eigenvalue weighted by Gasteiger charge is 2.14. The number of likely N-dealkylation sites (N-methyl/N-ethyl adjacent to an activating group) is 1. The van der Waals surface area contributed by atoms with Crippen LogP contribution in [0.3, 0.4) is 0 Å². The van der Waals surface area contributed by atoms with E-state index in [4.69, 9.17) is 4.42 Å². The number of carbonyl (C=O) groups is 1. The monoisotopic (exact) mass is 396 g/mol.